The van der Waals surface area contributed by atoms with Crippen LogP contribution in [0.2, 0.25) is 0 Å². The molecule has 0 fully saturated rings. The summed E-state index contributed by atoms with van der Waals surface area (Å²) < 4.78 is 10.9. The van der Waals surface area contributed by atoms with E-state index in [1.165, 1.54) is 11.3 Å². The molecular weight excluding hydrogens is 410 g/mol. The number of para-hydroxylation sites is 1. The zero-order valence-electron chi connectivity index (χ0n) is 16.5. The van der Waals surface area contributed by atoms with Gasteiger partial charge in [0.15, 0.2) is 0 Å². The van der Waals surface area contributed by atoms with Crippen LogP contribution in [0.25, 0.3) is 33.0 Å². The highest BCUT2D eigenvalue weighted by molar-refractivity contribution is 7.14. The van der Waals surface area contributed by atoms with E-state index in [1.54, 1.807) is 13.3 Å². The maximum atomic E-state index is 12.6. The number of nitrogens with one attached hydrogen (secondary N) is 1. The predicted molar refractivity (Wildman–Crippen MR) is 125 cm³/mol. The van der Waals surface area contributed by atoms with Crippen molar-refractivity contribution >= 4 is 44.4 Å². The molecule has 0 aliphatic carbocycles. The molecule has 5 aromatic rings. The van der Waals surface area contributed by atoms with Gasteiger partial charge in [0.2, 0.25) is 5.13 Å². The molecule has 152 valence electrons. The first-order valence-electron chi connectivity index (χ1n) is 9.56. The van der Waals surface area contributed by atoms with Gasteiger partial charge in [-0.1, -0.05) is 42.5 Å². The number of aromatic nitrogens is 1. The molecule has 0 spiro atoms. The molecular formula is C24H17N3O3S. The Morgan fingerprint density at radius 2 is 1.90 bits per heavy atom. The predicted octanol–water partition coefficient (Wildman–Crippen LogP) is 5.52. The number of anilines is 1. The average molecular weight is 427 g/mol. The van der Waals surface area contributed by atoms with E-state index < -0.39 is 5.63 Å². The van der Waals surface area contributed by atoms with Gasteiger partial charge in [0, 0.05) is 16.3 Å². The fraction of sp³-hybridized carbons (Fsp3) is 0.0417. The van der Waals surface area contributed by atoms with E-state index in [4.69, 9.17) is 9.15 Å². The lowest BCUT2D eigenvalue weighted by atomic mass is 10.0. The van der Waals surface area contributed by atoms with Crippen molar-refractivity contribution in [2.45, 2.75) is 0 Å². The molecule has 2 aromatic heterocycles. The number of nitrogens with zero attached hydrogens (tertiary/aromatic N) is 2. The zero-order chi connectivity index (χ0) is 21.2. The number of rotatable bonds is 5. The molecule has 3 aromatic carbocycles. The van der Waals surface area contributed by atoms with Gasteiger partial charge in [-0.05, 0) is 35.0 Å². The van der Waals surface area contributed by atoms with Crippen LogP contribution in [0, 0.1) is 0 Å². The number of methoxy groups -OCH3 is 1. The second kappa shape index (κ2) is 8.04. The monoisotopic (exact) mass is 427 g/mol. The number of hydrazone groups is 1. The van der Waals surface area contributed by atoms with Crippen LogP contribution in [0.1, 0.15) is 5.56 Å². The van der Waals surface area contributed by atoms with Gasteiger partial charge in [-0.25, -0.2) is 9.78 Å². The molecule has 0 bridgehead atoms. The van der Waals surface area contributed by atoms with E-state index in [2.05, 4.69) is 15.5 Å². The van der Waals surface area contributed by atoms with E-state index in [0.29, 0.717) is 22.0 Å². The van der Waals surface area contributed by atoms with Gasteiger partial charge in [0.25, 0.3) is 0 Å². The summed E-state index contributed by atoms with van der Waals surface area (Å²) in [4.78, 5) is 17.1. The van der Waals surface area contributed by atoms with Crippen LogP contribution in [0.5, 0.6) is 5.75 Å². The molecule has 0 radical (unpaired) electrons. The smallest absolute Gasteiger partial charge is 0.345 e. The van der Waals surface area contributed by atoms with Crippen molar-refractivity contribution in [1.82, 2.24) is 4.98 Å². The van der Waals surface area contributed by atoms with E-state index in [9.17, 15) is 4.79 Å². The molecule has 0 atom stereocenters. The zero-order valence-corrected chi connectivity index (χ0v) is 17.3. The summed E-state index contributed by atoms with van der Waals surface area (Å²) >= 11 is 1.36. The molecule has 0 aliphatic heterocycles. The number of benzene rings is 3. The van der Waals surface area contributed by atoms with Crippen LogP contribution >= 0.6 is 11.3 Å². The number of hydrogen-bond donors (Lipinski definition) is 1. The Hall–Kier alpha value is -3.97. The molecule has 1 N–H and O–H groups in total. The molecule has 31 heavy (non-hydrogen) atoms. The number of fused-ring (bicyclic) bond motifs is 3. The van der Waals surface area contributed by atoms with Crippen LogP contribution in [0.3, 0.4) is 0 Å². The summed E-state index contributed by atoms with van der Waals surface area (Å²) in [5.74, 6) is 0.730. The maximum Gasteiger partial charge on any atom is 0.345 e. The van der Waals surface area contributed by atoms with Crippen LogP contribution in [-0.2, 0) is 0 Å². The third kappa shape index (κ3) is 3.67. The minimum atomic E-state index is -0.419. The Morgan fingerprint density at radius 1 is 1.06 bits per heavy atom. The van der Waals surface area contributed by atoms with Gasteiger partial charge in [-0.15, -0.1) is 11.3 Å². The van der Waals surface area contributed by atoms with Gasteiger partial charge < -0.3 is 9.15 Å². The van der Waals surface area contributed by atoms with Crippen molar-refractivity contribution in [3.05, 3.63) is 88.1 Å². The lowest BCUT2D eigenvalue weighted by Gasteiger charge is -2.04. The molecule has 7 heteroatoms. The second-order valence-corrected chi connectivity index (χ2v) is 7.65. The maximum absolute atomic E-state index is 12.6. The molecule has 0 unspecified atom stereocenters. The van der Waals surface area contributed by atoms with Crippen molar-refractivity contribution < 1.29 is 9.15 Å². The lowest BCUT2D eigenvalue weighted by Crippen LogP contribution is -2.03. The normalized spacial score (nSPS) is 11.4. The van der Waals surface area contributed by atoms with Gasteiger partial charge in [0.1, 0.15) is 11.3 Å². The SMILES string of the molecule is COc1ccccc1/C=N/Nc1nc(-c2cc3c(ccc4ccccc43)oc2=O)cs1. The summed E-state index contributed by atoms with van der Waals surface area (Å²) in [5.41, 5.74) is 4.86. The Labute approximate surface area is 181 Å². The molecule has 5 rings (SSSR count). The van der Waals surface area contributed by atoms with Gasteiger partial charge in [-0.2, -0.15) is 5.10 Å². The van der Waals surface area contributed by atoms with Gasteiger partial charge in [-0.3, -0.25) is 5.43 Å². The van der Waals surface area contributed by atoms with Gasteiger partial charge >= 0.3 is 5.63 Å². The fourth-order valence-corrected chi connectivity index (χ4v) is 4.09. The molecule has 0 saturated carbocycles. The third-order valence-electron chi connectivity index (χ3n) is 4.92. The summed E-state index contributed by atoms with van der Waals surface area (Å²) in [5, 5.41) is 9.60. The van der Waals surface area contributed by atoms with E-state index in [0.717, 1.165) is 27.5 Å². The van der Waals surface area contributed by atoms with Crippen molar-refractivity contribution in [3.8, 4) is 17.0 Å². The summed E-state index contributed by atoms with van der Waals surface area (Å²) in [6, 6.07) is 21.2. The minimum absolute atomic E-state index is 0.418. The molecule has 2 heterocycles. The molecule has 6 nitrogen and oxygen atoms in total. The van der Waals surface area contributed by atoms with Crippen LogP contribution in [0.15, 0.2) is 86.4 Å². The van der Waals surface area contributed by atoms with E-state index in [1.807, 2.05) is 72.1 Å². The fourth-order valence-electron chi connectivity index (χ4n) is 3.43. The highest BCUT2D eigenvalue weighted by Crippen LogP contribution is 2.29. The Balaban J connectivity index is 1.46. The van der Waals surface area contributed by atoms with E-state index >= 15 is 0 Å². The molecule has 0 saturated heterocycles. The quantitative estimate of drug-likeness (QED) is 0.173. The van der Waals surface area contributed by atoms with Crippen molar-refractivity contribution in [2.24, 2.45) is 5.10 Å². The third-order valence-corrected chi connectivity index (χ3v) is 5.67. The summed E-state index contributed by atoms with van der Waals surface area (Å²) in [6.45, 7) is 0. The Morgan fingerprint density at radius 3 is 2.81 bits per heavy atom. The first-order chi connectivity index (χ1) is 15.2. The Kier molecular flexibility index (Phi) is 4.93. The number of ether oxygens (including phenoxy) is 1. The first kappa shape index (κ1) is 19.0. The topological polar surface area (TPSA) is 76.7 Å². The number of thiazole rings is 1. The van der Waals surface area contributed by atoms with Crippen molar-refractivity contribution in [2.75, 3.05) is 12.5 Å². The average Bonchev–Trinajstić information content (AvgIpc) is 3.27. The van der Waals surface area contributed by atoms with E-state index in [-0.39, 0.29) is 0 Å². The van der Waals surface area contributed by atoms with Crippen molar-refractivity contribution in [1.29, 1.82) is 0 Å². The van der Waals surface area contributed by atoms with Crippen molar-refractivity contribution in [3.63, 3.8) is 0 Å². The van der Waals surface area contributed by atoms with Gasteiger partial charge in [0.05, 0.1) is 24.6 Å². The Bertz CT molecular complexity index is 1490. The standard InChI is InChI=1S/C24H17N3O3S/c1-29-21-9-5-3-7-16(21)13-25-27-24-26-20(14-31-24)19-12-18-17-8-4-2-6-15(17)10-11-22(18)30-23(19)28/h2-14H,1H3,(H,26,27)/b25-13+. The minimum Gasteiger partial charge on any atom is -0.496 e. The van der Waals surface area contributed by atoms with Crippen LogP contribution in [-0.4, -0.2) is 18.3 Å². The second-order valence-electron chi connectivity index (χ2n) is 6.80. The first-order valence-corrected chi connectivity index (χ1v) is 10.4. The number of hydrogen-bond acceptors (Lipinski definition) is 7. The lowest BCUT2D eigenvalue weighted by molar-refractivity contribution is 0.414. The molecule has 0 aliphatic rings. The van der Waals surface area contributed by atoms with Crippen LogP contribution < -0.4 is 15.8 Å². The van der Waals surface area contributed by atoms with Crippen LogP contribution in [0.4, 0.5) is 5.13 Å². The summed E-state index contributed by atoms with van der Waals surface area (Å²) in [6.07, 6.45) is 1.66. The highest BCUT2D eigenvalue weighted by atomic mass is 32.1. The highest BCUT2D eigenvalue weighted by Gasteiger charge is 2.13. The summed E-state index contributed by atoms with van der Waals surface area (Å²) in [7, 11) is 1.62. The largest absolute Gasteiger partial charge is 0.496 e. The molecule has 0 amide bonds.